The van der Waals surface area contributed by atoms with Gasteiger partial charge in [-0.1, -0.05) is 18.2 Å². The molecule has 3 heterocycles. The van der Waals surface area contributed by atoms with Crippen LogP contribution in [-0.4, -0.2) is 46.6 Å². The molecule has 2 aliphatic rings. The number of nitrogens with one attached hydrogen (secondary N) is 1. The molecule has 0 atom stereocenters. The van der Waals surface area contributed by atoms with Gasteiger partial charge in [0.05, 0.1) is 17.8 Å². The number of hydrogen-bond donors (Lipinski definition) is 1. The zero-order valence-electron chi connectivity index (χ0n) is 16.8. The molecule has 0 bridgehead atoms. The topological polar surface area (TPSA) is 66.7 Å². The van der Waals surface area contributed by atoms with E-state index in [0.717, 1.165) is 18.4 Å². The molecule has 30 heavy (non-hydrogen) atoms. The number of aldehydes is 1. The Morgan fingerprint density at radius 3 is 2.77 bits per heavy atom. The van der Waals surface area contributed by atoms with E-state index < -0.39 is 5.67 Å². The van der Waals surface area contributed by atoms with Crippen LogP contribution in [0.4, 0.5) is 4.39 Å². The third kappa shape index (κ3) is 3.19. The van der Waals surface area contributed by atoms with Crippen molar-refractivity contribution < 1.29 is 14.0 Å². The zero-order valence-corrected chi connectivity index (χ0v) is 16.8. The predicted molar refractivity (Wildman–Crippen MR) is 110 cm³/mol. The van der Waals surface area contributed by atoms with E-state index in [1.54, 1.807) is 31.3 Å². The molecule has 1 N–H and O–H groups in total. The van der Waals surface area contributed by atoms with Crippen molar-refractivity contribution in [1.29, 1.82) is 0 Å². The molecule has 7 heteroatoms. The molecule has 0 unspecified atom stereocenters. The molecule has 6 nitrogen and oxygen atoms in total. The van der Waals surface area contributed by atoms with E-state index in [9.17, 15) is 9.59 Å². The molecule has 2 fully saturated rings. The van der Waals surface area contributed by atoms with E-state index in [4.69, 9.17) is 0 Å². The van der Waals surface area contributed by atoms with Crippen molar-refractivity contribution in [3.8, 4) is 0 Å². The summed E-state index contributed by atoms with van der Waals surface area (Å²) in [7, 11) is 1.68. The molecule has 1 amide bonds. The van der Waals surface area contributed by atoms with Gasteiger partial charge in [0.2, 0.25) is 0 Å². The molecule has 1 saturated carbocycles. The fourth-order valence-electron chi connectivity index (χ4n) is 4.07. The molecule has 1 aliphatic carbocycles. The number of benzene rings is 1. The summed E-state index contributed by atoms with van der Waals surface area (Å²) in [4.78, 5) is 30.3. The SMILES string of the molecule is CN(Cc1cn2cc(C3CC3)cc(C3(F)CNC3)c2n1)C(=O)c1ccccc1C=O. The van der Waals surface area contributed by atoms with Crippen molar-refractivity contribution in [2.24, 2.45) is 0 Å². The minimum atomic E-state index is -1.40. The Bertz CT molecular complexity index is 1150. The molecule has 0 radical (unpaired) electrons. The van der Waals surface area contributed by atoms with Gasteiger partial charge in [0.25, 0.3) is 5.91 Å². The number of carbonyl (C=O) groups excluding carboxylic acids is 2. The lowest BCUT2D eigenvalue weighted by Crippen LogP contribution is -2.53. The first-order chi connectivity index (χ1) is 14.5. The molecule has 1 aromatic carbocycles. The average Bonchev–Trinajstić information content (AvgIpc) is 3.50. The summed E-state index contributed by atoms with van der Waals surface area (Å²) in [6.45, 7) is 0.850. The molecular weight excluding hydrogens is 383 g/mol. The summed E-state index contributed by atoms with van der Waals surface area (Å²) < 4.78 is 17.2. The first-order valence-corrected chi connectivity index (χ1v) is 10.2. The normalized spacial score (nSPS) is 17.5. The molecule has 1 saturated heterocycles. The second kappa shape index (κ2) is 7.02. The van der Waals surface area contributed by atoms with Gasteiger partial charge in [-0.25, -0.2) is 9.37 Å². The van der Waals surface area contributed by atoms with Gasteiger partial charge in [0.1, 0.15) is 5.65 Å². The first-order valence-electron chi connectivity index (χ1n) is 10.2. The zero-order chi connectivity index (χ0) is 20.9. The molecule has 0 spiro atoms. The van der Waals surface area contributed by atoms with Crippen LogP contribution >= 0.6 is 0 Å². The molecule has 2 aromatic heterocycles. The summed E-state index contributed by atoms with van der Waals surface area (Å²) in [5.41, 5.74) is 2.37. The van der Waals surface area contributed by atoms with Crippen LogP contribution in [0.5, 0.6) is 0 Å². The van der Waals surface area contributed by atoms with Crippen LogP contribution in [0.1, 0.15) is 56.3 Å². The van der Waals surface area contributed by atoms with Gasteiger partial charge in [-0.2, -0.15) is 0 Å². The Labute approximate surface area is 173 Å². The van der Waals surface area contributed by atoms with Gasteiger partial charge in [0.15, 0.2) is 12.0 Å². The van der Waals surface area contributed by atoms with E-state index in [1.165, 1.54) is 4.90 Å². The van der Waals surface area contributed by atoms with Crippen LogP contribution in [0, 0.1) is 0 Å². The number of rotatable bonds is 6. The Morgan fingerprint density at radius 1 is 1.33 bits per heavy atom. The third-order valence-corrected chi connectivity index (χ3v) is 6.03. The van der Waals surface area contributed by atoms with E-state index >= 15 is 4.39 Å². The monoisotopic (exact) mass is 406 g/mol. The minimum Gasteiger partial charge on any atom is -0.336 e. The number of pyridine rings is 1. The van der Waals surface area contributed by atoms with Gasteiger partial charge in [-0.15, -0.1) is 0 Å². The quantitative estimate of drug-likeness (QED) is 0.639. The third-order valence-electron chi connectivity index (χ3n) is 6.03. The number of imidazole rings is 1. The van der Waals surface area contributed by atoms with Crippen LogP contribution in [0.15, 0.2) is 42.7 Å². The molecule has 154 valence electrons. The smallest absolute Gasteiger partial charge is 0.254 e. The Hall–Kier alpha value is -3.06. The molecule has 3 aromatic rings. The van der Waals surface area contributed by atoms with E-state index in [1.807, 2.05) is 22.9 Å². The van der Waals surface area contributed by atoms with Crippen LogP contribution < -0.4 is 5.32 Å². The lowest BCUT2D eigenvalue weighted by Gasteiger charge is -2.35. The van der Waals surface area contributed by atoms with E-state index in [2.05, 4.69) is 10.3 Å². The van der Waals surface area contributed by atoms with E-state index in [-0.39, 0.29) is 12.5 Å². The summed E-state index contributed by atoms with van der Waals surface area (Å²) >= 11 is 0. The second-order valence-corrected chi connectivity index (χ2v) is 8.36. The van der Waals surface area contributed by atoms with Gasteiger partial charge >= 0.3 is 0 Å². The van der Waals surface area contributed by atoms with Crippen LogP contribution in [-0.2, 0) is 12.2 Å². The van der Waals surface area contributed by atoms with Crippen molar-refractivity contribution in [3.63, 3.8) is 0 Å². The van der Waals surface area contributed by atoms with Gasteiger partial charge < -0.3 is 14.6 Å². The molecular formula is C23H23FN4O2. The number of aromatic nitrogens is 2. The highest BCUT2D eigenvalue weighted by Gasteiger charge is 2.42. The standard InChI is InChI=1S/C23H23FN4O2/c1-27(22(30)19-5-3-2-4-16(19)12-29)10-18-11-28-9-17(15-6-7-15)8-20(21(28)26-18)23(24)13-25-14-23/h2-5,8-9,11-12,15,25H,6-7,10,13-14H2,1H3. The fraction of sp³-hybridized carbons (Fsp3) is 0.348. The highest BCUT2D eigenvalue weighted by molar-refractivity contribution is 6.01. The van der Waals surface area contributed by atoms with Crippen molar-refractivity contribution in [3.05, 3.63) is 70.7 Å². The lowest BCUT2D eigenvalue weighted by atomic mass is 9.89. The number of fused-ring (bicyclic) bond motifs is 1. The van der Waals surface area contributed by atoms with Gasteiger partial charge in [-0.05, 0) is 36.5 Å². The lowest BCUT2D eigenvalue weighted by molar-refractivity contribution is 0.0780. The summed E-state index contributed by atoms with van der Waals surface area (Å²) in [5.74, 6) is 0.249. The highest BCUT2D eigenvalue weighted by Crippen LogP contribution is 2.43. The number of nitrogens with zero attached hydrogens (tertiary/aromatic N) is 3. The minimum absolute atomic E-state index is 0.251. The predicted octanol–water partition coefficient (Wildman–Crippen LogP) is 3.06. The average molecular weight is 406 g/mol. The van der Waals surface area contributed by atoms with Crippen LogP contribution in [0.2, 0.25) is 0 Å². The maximum Gasteiger partial charge on any atom is 0.254 e. The fourth-order valence-corrected chi connectivity index (χ4v) is 4.07. The second-order valence-electron chi connectivity index (χ2n) is 8.36. The van der Waals surface area contributed by atoms with Crippen molar-refractivity contribution >= 4 is 17.8 Å². The Morgan fingerprint density at radius 2 is 2.10 bits per heavy atom. The largest absolute Gasteiger partial charge is 0.336 e. The summed E-state index contributed by atoms with van der Waals surface area (Å²) in [5, 5.41) is 3.02. The Kier molecular flexibility index (Phi) is 4.43. The number of hydrogen-bond acceptors (Lipinski definition) is 4. The number of carbonyl (C=O) groups is 2. The number of alkyl halides is 1. The number of amides is 1. The van der Waals surface area contributed by atoms with Crippen LogP contribution in [0.25, 0.3) is 5.65 Å². The number of halogens is 1. The van der Waals surface area contributed by atoms with E-state index in [0.29, 0.717) is 53.3 Å². The first kappa shape index (κ1) is 18.9. The maximum absolute atomic E-state index is 15.3. The van der Waals surface area contributed by atoms with Gasteiger partial charge in [0, 0.05) is 43.7 Å². The summed E-state index contributed by atoms with van der Waals surface area (Å²) in [6, 6.07) is 8.70. The Balaban J connectivity index is 1.47. The van der Waals surface area contributed by atoms with Crippen LogP contribution in [0.3, 0.4) is 0 Å². The van der Waals surface area contributed by atoms with Crippen molar-refractivity contribution in [2.45, 2.75) is 31.0 Å². The summed E-state index contributed by atoms with van der Waals surface area (Å²) in [6.07, 6.45) is 6.86. The van der Waals surface area contributed by atoms with Gasteiger partial charge in [-0.3, -0.25) is 9.59 Å². The molecule has 1 aliphatic heterocycles. The maximum atomic E-state index is 15.3. The highest BCUT2D eigenvalue weighted by atomic mass is 19.1. The van der Waals surface area contributed by atoms with Crippen molar-refractivity contribution in [1.82, 2.24) is 19.6 Å². The van der Waals surface area contributed by atoms with Crippen molar-refractivity contribution in [2.75, 3.05) is 20.1 Å². The molecule has 5 rings (SSSR count).